The van der Waals surface area contributed by atoms with Crippen molar-refractivity contribution in [3.8, 4) is 0 Å². The summed E-state index contributed by atoms with van der Waals surface area (Å²) in [5.74, 6) is 1.06. The summed E-state index contributed by atoms with van der Waals surface area (Å²) in [5.41, 5.74) is 0.564. The molecule has 3 heterocycles. The van der Waals surface area contributed by atoms with Gasteiger partial charge in [0, 0.05) is 25.2 Å². The quantitative estimate of drug-likeness (QED) is 0.644. The Bertz CT molecular complexity index is 517. The SMILES string of the molecule is CC1(C)C2CNCC2CN1c1cccnc1[N+](=O)[O-]. The smallest absolute Gasteiger partial charge is 0.359 e. The zero-order valence-corrected chi connectivity index (χ0v) is 11.2. The van der Waals surface area contributed by atoms with Crippen LogP contribution in [0.4, 0.5) is 11.5 Å². The molecular weight excluding hydrogens is 244 g/mol. The van der Waals surface area contributed by atoms with Gasteiger partial charge in [0.25, 0.3) is 0 Å². The second kappa shape index (κ2) is 4.16. The zero-order valence-electron chi connectivity index (χ0n) is 11.2. The first-order valence-corrected chi connectivity index (χ1v) is 6.59. The van der Waals surface area contributed by atoms with Crippen molar-refractivity contribution in [3.05, 3.63) is 28.4 Å². The van der Waals surface area contributed by atoms with Gasteiger partial charge in [0.1, 0.15) is 11.9 Å². The Kier molecular flexibility index (Phi) is 2.70. The molecule has 0 radical (unpaired) electrons. The van der Waals surface area contributed by atoms with E-state index >= 15 is 0 Å². The van der Waals surface area contributed by atoms with E-state index in [1.807, 2.05) is 0 Å². The van der Waals surface area contributed by atoms with Crippen LogP contribution < -0.4 is 10.2 Å². The molecule has 2 aliphatic heterocycles. The van der Waals surface area contributed by atoms with Gasteiger partial charge in [-0.3, -0.25) is 0 Å². The molecule has 2 atom stereocenters. The molecule has 0 saturated carbocycles. The van der Waals surface area contributed by atoms with Gasteiger partial charge in [-0.05, 0) is 47.7 Å². The molecule has 6 heteroatoms. The van der Waals surface area contributed by atoms with Crippen LogP contribution in [0.1, 0.15) is 13.8 Å². The van der Waals surface area contributed by atoms with E-state index < -0.39 is 4.92 Å². The minimum absolute atomic E-state index is 0.0384. The van der Waals surface area contributed by atoms with Gasteiger partial charge in [0.15, 0.2) is 0 Å². The maximum Gasteiger partial charge on any atom is 0.387 e. The molecule has 2 saturated heterocycles. The number of hydrogen-bond acceptors (Lipinski definition) is 5. The van der Waals surface area contributed by atoms with Crippen LogP contribution in [0, 0.1) is 22.0 Å². The summed E-state index contributed by atoms with van der Waals surface area (Å²) >= 11 is 0. The predicted molar refractivity (Wildman–Crippen MR) is 72.2 cm³/mol. The van der Waals surface area contributed by atoms with E-state index in [9.17, 15) is 10.1 Å². The number of nitrogens with one attached hydrogen (secondary N) is 1. The number of nitro groups is 1. The van der Waals surface area contributed by atoms with Crippen LogP contribution in [0.3, 0.4) is 0 Å². The van der Waals surface area contributed by atoms with Crippen molar-refractivity contribution in [2.24, 2.45) is 11.8 Å². The molecule has 6 nitrogen and oxygen atoms in total. The van der Waals surface area contributed by atoms with Crippen LogP contribution in [-0.4, -0.2) is 35.1 Å². The lowest BCUT2D eigenvalue weighted by Crippen LogP contribution is -2.44. The molecule has 3 rings (SSSR count). The second-order valence-electron chi connectivity index (χ2n) is 5.89. The highest BCUT2D eigenvalue weighted by molar-refractivity contribution is 5.61. The first kappa shape index (κ1) is 12.3. The molecular formula is C13H18N4O2. The number of hydrogen-bond donors (Lipinski definition) is 1. The van der Waals surface area contributed by atoms with Crippen molar-refractivity contribution in [2.45, 2.75) is 19.4 Å². The van der Waals surface area contributed by atoms with E-state index in [1.165, 1.54) is 6.20 Å². The Hall–Kier alpha value is -1.69. The van der Waals surface area contributed by atoms with E-state index in [2.05, 4.69) is 29.0 Å². The fraction of sp³-hybridized carbons (Fsp3) is 0.615. The van der Waals surface area contributed by atoms with Gasteiger partial charge in [0.2, 0.25) is 0 Å². The molecule has 1 aromatic rings. The average molecular weight is 262 g/mol. The lowest BCUT2D eigenvalue weighted by molar-refractivity contribution is -0.388. The topological polar surface area (TPSA) is 71.3 Å². The lowest BCUT2D eigenvalue weighted by Gasteiger charge is -2.36. The standard InChI is InChI=1S/C13H18N4O2/c1-13(2)10-7-14-6-9(10)8-16(13)11-4-3-5-15-12(11)17(18)19/h3-5,9-10,14H,6-8H2,1-2H3. The average Bonchev–Trinajstić information content (AvgIpc) is 2.92. The minimum Gasteiger partial charge on any atom is -0.359 e. The maximum atomic E-state index is 11.1. The summed E-state index contributed by atoms with van der Waals surface area (Å²) in [7, 11) is 0. The van der Waals surface area contributed by atoms with Gasteiger partial charge in [0.05, 0.1) is 0 Å². The molecule has 2 unspecified atom stereocenters. The number of fused-ring (bicyclic) bond motifs is 1. The zero-order chi connectivity index (χ0) is 13.6. The van der Waals surface area contributed by atoms with Crippen LogP contribution in [0.25, 0.3) is 0 Å². The summed E-state index contributed by atoms with van der Waals surface area (Å²) < 4.78 is 0. The van der Waals surface area contributed by atoms with Crippen molar-refractivity contribution in [3.63, 3.8) is 0 Å². The van der Waals surface area contributed by atoms with Crippen molar-refractivity contribution in [1.82, 2.24) is 10.3 Å². The third-order valence-corrected chi connectivity index (χ3v) is 4.59. The van der Waals surface area contributed by atoms with Gasteiger partial charge in [-0.1, -0.05) is 0 Å². The van der Waals surface area contributed by atoms with E-state index in [4.69, 9.17) is 0 Å². The predicted octanol–water partition coefficient (Wildman–Crippen LogP) is 1.42. The molecule has 19 heavy (non-hydrogen) atoms. The summed E-state index contributed by atoms with van der Waals surface area (Å²) in [4.78, 5) is 16.8. The molecule has 0 amide bonds. The maximum absolute atomic E-state index is 11.1. The van der Waals surface area contributed by atoms with E-state index in [-0.39, 0.29) is 11.4 Å². The number of pyridine rings is 1. The summed E-state index contributed by atoms with van der Waals surface area (Å²) in [6, 6.07) is 3.58. The van der Waals surface area contributed by atoms with E-state index in [1.54, 1.807) is 12.1 Å². The third kappa shape index (κ3) is 1.78. The fourth-order valence-electron chi connectivity index (χ4n) is 3.57. The Morgan fingerprint density at radius 3 is 3.00 bits per heavy atom. The van der Waals surface area contributed by atoms with E-state index in [0.717, 1.165) is 19.6 Å². The summed E-state index contributed by atoms with van der Waals surface area (Å²) in [6.45, 7) is 7.18. The molecule has 1 aromatic heterocycles. The third-order valence-electron chi connectivity index (χ3n) is 4.59. The van der Waals surface area contributed by atoms with Crippen molar-refractivity contribution < 1.29 is 4.92 Å². The van der Waals surface area contributed by atoms with Gasteiger partial charge in [-0.25, -0.2) is 0 Å². The number of rotatable bonds is 2. The van der Waals surface area contributed by atoms with Gasteiger partial charge in [-0.15, -0.1) is 0 Å². The summed E-state index contributed by atoms with van der Waals surface area (Å²) in [6.07, 6.45) is 1.48. The van der Waals surface area contributed by atoms with Crippen molar-refractivity contribution in [1.29, 1.82) is 0 Å². The van der Waals surface area contributed by atoms with Crippen LogP contribution in [0.15, 0.2) is 18.3 Å². The molecule has 2 fully saturated rings. The molecule has 0 aliphatic carbocycles. The van der Waals surface area contributed by atoms with E-state index in [0.29, 0.717) is 17.5 Å². The molecule has 0 spiro atoms. The lowest BCUT2D eigenvalue weighted by atomic mass is 9.85. The van der Waals surface area contributed by atoms with Gasteiger partial charge >= 0.3 is 5.82 Å². The Balaban J connectivity index is 2.01. The summed E-state index contributed by atoms with van der Waals surface area (Å²) in [5, 5.41) is 14.6. The largest absolute Gasteiger partial charge is 0.387 e. The first-order chi connectivity index (χ1) is 9.01. The van der Waals surface area contributed by atoms with Crippen molar-refractivity contribution in [2.75, 3.05) is 24.5 Å². The van der Waals surface area contributed by atoms with Crippen LogP contribution >= 0.6 is 0 Å². The van der Waals surface area contributed by atoms with Gasteiger partial charge in [-0.2, -0.15) is 0 Å². The van der Waals surface area contributed by atoms with Crippen LogP contribution in [-0.2, 0) is 0 Å². The monoisotopic (exact) mass is 262 g/mol. The number of aromatic nitrogens is 1. The molecule has 1 N–H and O–H groups in total. The Labute approximate surface area is 112 Å². The first-order valence-electron chi connectivity index (χ1n) is 6.59. The normalized spacial score (nSPS) is 28.4. The molecule has 2 aliphatic rings. The Morgan fingerprint density at radius 1 is 1.53 bits per heavy atom. The van der Waals surface area contributed by atoms with Gasteiger partial charge < -0.3 is 20.3 Å². The number of anilines is 1. The highest BCUT2D eigenvalue weighted by Gasteiger charge is 2.50. The Morgan fingerprint density at radius 2 is 2.32 bits per heavy atom. The van der Waals surface area contributed by atoms with Crippen LogP contribution in [0.5, 0.6) is 0 Å². The molecule has 0 aromatic carbocycles. The fourth-order valence-corrected chi connectivity index (χ4v) is 3.57. The molecule has 102 valence electrons. The molecule has 0 bridgehead atoms. The van der Waals surface area contributed by atoms with Crippen molar-refractivity contribution >= 4 is 11.5 Å². The highest BCUT2D eigenvalue weighted by Crippen LogP contribution is 2.44. The minimum atomic E-state index is -0.391. The highest BCUT2D eigenvalue weighted by atomic mass is 16.6. The van der Waals surface area contributed by atoms with Crippen LogP contribution in [0.2, 0.25) is 0 Å². The second-order valence-corrected chi connectivity index (χ2v) is 5.89. The number of nitrogens with zero attached hydrogens (tertiary/aromatic N) is 3.